The topological polar surface area (TPSA) is 97.2 Å². The van der Waals surface area contributed by atoms with Gasteiger partial charge < -0.3 is 0 Å². The Bertz CT molecular complexity index is 1530. The van der Waals surface area contributed by atoms with Crippen LogP contribution in [0.3, 0.4) is 0 Å². The Hall–Kier alpha value is -3.91. The van der Waals surface area contributed by atoms with Crippen LogP contribution in [0.4, 0.5) is 0 Å². The SMILES string of the molecule is CC(=NCC(=O)c1ccc(C(=O)CCc2cccnc2)s1)c1c(C)[nH]n(-c2ccc(C(C)(C)C)cc2)c1=O. The van der Waals surface area contributed by atoms with Crippen molar-refractivity contribution >= 4 is 28.6 Å². The van der Waals surface area contributed by atoms with E-state index in [9.17, 15) is 14.4 Å². The van der Waals surface area contributed by atoms with Gasteiger partial charge in [-0.1, -0.05) is 39.0 Å². The normalized spacial score (nSPS) is 12.1. The summed E-state index contributed by atoms with van der Waals surface area (Å²) in [6.45, 7) is 9.89. The number of aliphatic imine (C=N–C) groups is 1. The van der Waals surface area contributed by atoms with Crippen LogP contribution in [-0.2, 0) is 11.8 Å². The van der Waals surface area contributed by atoms with Crippen molar-refractivity contribution in [1.29, 1.82) is 0 Å². The van der Waals surface area contributed by atoms with Gasteiger partial charge in [-0.3, -0.25) is 29.5 Å². The van der Waals surface area contributed by atoms with E-state index in [1.165, 1.54) is 21.6 Å². The maximum absolute atomic E-state index is 13.2. The van der Waals surface area contributed by atoms with E-state index in [2.05, 4.69) is 35.8 Å². The molecule has 0 atom stereocenters. The third-order valence-electron chi connectivity index (χ3n) is 6.40. The van der Waals surface area contributed by atoms with Gasteiger partial charge in [0, 0.05) is 30.2 Å². The van der Waals surface area contributed by atoms with Crippen LogP contribution in [0.1, 0.15) is 75.8 Å². The van der Waals surface area contributed by atoms with Crippen LogP contribution in [-0.4, -0.2) is 38.6 Å². The van der Waals surface area contributed by atoms with Gasteiger partial charge in [-0.15, -0.1) is 11.3 Å². The first-order chi connectivity index (χ1) is 18.0. The summed E-state index contributed by atoms with van der Waals surface area (Å²) in [7, 11) is 0. The molecular weight excluding hydrogens is 496 g/mol. The fraction of sp³-hybridized carbons (Fsp3) is 0.300. The number of aromatic amines is 1. The van der Waals surface area contributed by atoms with Gasteiger partial charge in [0.15, 0.2) is 11.6 Å². The fourth-order valence-corrected chi connectivity index (χ4v) is 5.08. The van der Waals surface area contributed by atoms with Crippen molar-refractivity contribution in [3.8, 4) is 5.69 Å². The van der Waals surface area contributed by atoms with Gasteiger partial charge >= 0.3 is 0 Å². The van der Waals surface area contributed by atoms with Gasteiger partial charge in [-0.25, -0.2) is 4.68 Å². The first-order valence-electron chi connectivity index (χ1n) is 12.5. The Morgan fingerprint density at radius 2 is 1.71 bits per heavy atom. The Kier molecular flexibility index (Phi) is 8.02. The molecule has 0 bridgehead atoms. The highest BCUT2D eigenvalue weighted by molar-refractivity contribution is 7.16. The third-order valence-corrected chi connectivity index (χ3v) is 7.57. The molecule has 1 aromatic carbocycles. The van der Waals surface area contributed by atoms with Crippen molar-refractivity contribution < 1.29 is 9.59 Å². The number of thiophene rings is 1. The van der Waals surface area contributed by atoms with Crippen molar-refractivity contribution in [2.45, 2.75) is 52.9 Å². The molecule has 0 unspecified atom stereocenters. The van der Waals surface area contributed by atoms with Crippen LogP contribution in [0.2, 0.25) is 0 Å². The highest BCUT2D eigenvalue weighted by Crippen LogP contribution is 2.23. The number of hydrogen-bond donors (Lipinski definition) is 1. The third kappa shape index (κ3) is 6.14. The zero-order valence-corrected chi connectivity index (χ0v) is 23.2. The van der Waals surface area contributed by atoms with Gasteiger partial charge in [0.2, 0.25) is 0 Å². The number of nitrogens with zero attached hydrogens (tertiary/aromatic N) is 3. The minimum Gasteiger partial charge on any atom is -0.295 e. The molecule has 8 heteroatoms. The highest BCUT2D eigenvalue weighted by atomic mass is 32.1. The molecule has 0 saturated heterocycles. The number of nitrogens with one attached hydrogen (secondary N) is 1. The lowest BCUT2D eigenvalue weighted by atomic mass is 9.87. The van der Waals surface area contributed by atoms with E-state index in [0.29, 0.717) is 39.6 Å². The lowest BCUT2D eigenvalue weighted by Gasteiger charge is -2.19. The van der Waals surface area contributed by atoms with Gasteiger partial charge in [0.1, 0.15) is 6.54 Å². The monoisotopic (exact) mass is 528 g/mol. The molecule has 0 radical (unpaired) electrons. The summed E-state index contributed by atoms with van der Waals surface area (Å²) in [6.07, 6.45) is 4.41. The number of aryl methyl sites for hydroxylation is 2. The molecule has 0 fully saturated rings. The first kappa shape index (κ1) is 27.1. The Balaban J connectivity index is 1.43. The molecule has 0 aliphatic carbocycles. The largest absolute Gasteiger partial charge is 0.295 e. The molecule has 1 N–H and O–H groups in total. The molecule has 0 aliphatic rings. The van der Waals surface area contributed by atoms with Gasteiger partial charge in [-0.2, -0.15) is 0 Å². The summed E-state index contributed by atoms with van der Waals surface area (Å²) in [5.41, 5.74) is 4.35. The number of benzene rings is 1. The molecule has 0 spiro atoms. The van der Waals surface area contributed by atoms with Crippen LogP contribution < -0.4 is 5.56 Å². The van der Waals surface area contributed by atoms with Gasteiger partial charge in [0.05, 0.1) is 21.0 Å². The lowest BCUT2D eigenvalue weighted by molar-refractivity contribution is 0.0984. The second kappa shape index (κ2) is 11.2. The molecule has 38 heavy (non-hydrogen) atoms. The number of pyridine rings is 1. The molecular formula is C30H32N4O3S. The molecule has 196 valence electrons. The van der Waals surface area contributed by atoms with Crippen molar-refractivity contribution in [3.63, 3.8) is 0 Å². The van der Waals surface area contributed by atoms with E-state index in [0.717, 1.165) is 11.3 Å². The van der Waals surface area contributed by atoms with E-state index in [1.807, 2.05) is 43.3 Å². The molecule has 0 amide bonds. The number of rotatable bonds is 9. The molecule has 3 aromatic heterocycles. The van der Waals surface area contributed by atoms with Crippen LogP contribution in [0, 0.1) is 6.92 Å². The number of ketones is 2. The summed E-state index contributed by atoms with van der Waals surface area (Å²) >= 11 is 1.19. The van der Waals surface area contributed by atoms with E-state index in [4.69, 9.17) is 0 Å². The second-order valence-electron chi connectivity index (χ2n) is 10.3. The number of aromatic nitrogens is 3. The molecule has 7 nitrogen and oxygen atoms in total. The Morgan fingerprint density at radius 3 is 2.34 bits per heavy atom. The predicted molar refractivity (Wildman–Crippen MR) is 152 cm³/mol. The van der Waals surface area contributed by atoms with E-state index >= 15 is 0 Å². The molecule has 0 aliphatic heterocycles. The van der Waals surface area contributed by atoms with Crippen LogP contribution in [0.15, 0.2) is 70.7 Å². The summed E-state index contributed by atoms with van der Waals surface area (Å²) in [5.74, 6) is -0.191. The lowest BCUT2D eigenvalue weighted by Crippen LogP contribution is -2.20. The van der Waals surface area contributed by atoms with E-state index in [1.54, 1.807) is 31.5 Å². The molecule has 4 aromatic rings. The van der Waals surface area contributed by atoms with Crippen molar-refractivity contribution in [1.82, 2.24) is 14.8 Å². The van der Waals surface area contributed by atoms with Gasteiger partial charge in [0.25, 0.3) is 5.56 Å². The quantitative estimate of drug-likeness (QED) is 0.221. The maximum Gasteiger partial charge on any atom is 0.280 e. The number of hydrogen-bond acceptors (Lipinski definition) is 6. The predicted octanol–water partition coefficient (Wildman–Crippen LogP) is 5.74. The Labute approximate surface area is 226 Å². The standard InChI is InChI=1S/C30H32N4O3S/c1-19(28-20(2)33-34(29(28)37)23-11-9-22(10-12-23)30(3,4)5)32-18-25(36)27-15-14-26(38-27)24(35)13-8-21-7-6-16-31-17-21/h6-7,9-12,14-17,33H,8,13,18H2,1-5H3. The van der Waals surface area contributed by atoms with E-state index < -0.39 is 0 Å². The summed E-state index contributed by atoms with van der Waals surface area (Å²) in [6, 6.07) is 15.0. The zero-order valence-electron chi connectivity index (χ0n) is 22.4. The van der Waals surface area contributed by atoms with Crippen molar-refractivity contribution in [2.24, 2.45) is 4.99 Å². The second-order valence-corrected chi connectivity index (χ2v) is 11.4. The number of H-pyrrole nitrogens is 1. The van der Waals surface area contributed by atoms with Crippen molar-refractivity contribution in [2.75, 3.05) is 6.54 Å². The maximum atomic E-state index is 13.2. The summed E-state index contributed by atoms with van der Waals surface area (Å²) < 4.78 is 1.50. The molecule has 4 rings (SSSR count). The smallest absolute Gasteiger partial charge is 0.280 e. The van der Waals surface area contributed by atoms with Crippen LogP contribution in [0.25, 0.3) is 5.69 Å². The number of carbonyl (C=O) groups excluding carboxylic acids is 2. The van der Waals surface area contributed by atoms with Gasteiger partial charge in [-0.05, 0) is 67.1 Å². The van der Waals surface area contributed by atoms with Crippen LogP contribution in [0.5, 0.6) is 0 Å². The zero-order chi connectivity index (χ0) is 27.4. The number of carbonyl (C=O) groups is 2. The minimum atomic E-state index is -0.211. The minimum absolute atomic E-state index is 0.00313. The van der Waals surface area contributed by atoms with Crippen LogP contribution >= 0.6 is 11.3 Å². The fourth-order valence-electron chi connectivity index (χ4n) is 4.18. The summed E-state index contributed by atoms with van der Waals surface area (Å²) in [4.78, 5) is 48.1. The number of Topliss-reactive ketones (excluding diaryl/α,β-unsaturated/α-hetero) is 2. The average Bonchev–Trinajstić information content (AvgIpc) is 3.50. The highest BCUT2D eigenvalue weighted by Gasteiger charge is 2.18. The Morgan fingerprint density at radius 1 is 1.03 bits per heavy atom. The van der Waals surface area contributed by atoms with E-state index in [-0.39, 0.29) is 29.1 Å². The average molecular weight is 529 g/mol. The molecule has 3 heterocycles. The summed E-state index contributed by atoms with van der Waals surface area (Å²) in [5, 5.41) is 3.13. The van der Waals surface area contributed by atoms with Crippen molar-refractivity contribution in [3.05, 3.63) is 103 Å². The first-order valence-corrected chi connectivity index (χ1v) is 13.4. The molecule has 0 saturated carbocycles.